The van der Waals surface area contributed by atoms with Gasteiger partial charge >= 0.3 is 0 Å². The van der Waals surface area contributed by atoms with Crippen molar-refractivity contribution in [1.29, 1.82) is 0 Å². The maximum absolute atomic E-state index is 6.02. The van der Waals surface area contributed by atoms with Gasteiger partial charge in [-0.3, -0.25) is 4.90 Å². The zero-order valence-electron chi connectivity index (χ0n) is 12.5. The van der Waals surface area contributed by atoms with Crippen molar-refractivity contribution in [2.45, 2.75) is 12.2 Å². The van der Waals surface area contributed by atoms with Gasteiger partial charge in [-0.2, -0.15) is 5.11 Å². The molecule has 0 saturated carbocycles. The van der Waals surface area contributed by atoms with E-state index in [0.29, 0.717) is 0 Å². The first-order valence-corrected chi connectivity index (χ1v) is 8.89. The third-order valence-electron chi connectivity index (χ3n) is 4.15. The standard InChI is InChI=1S/C16H17ClN4OS/c17-12-3-5-13(6-4-12)21-16(20-7-9-22-10-8-20)15(18-19-21)14-2-1-11-23-14/h1-6,11,15-16H,7-10H2. The molecule has 2 aromatic rings. The molecule has 0 amide bonds. The fourth-order valence-corrected chi connectivity index (χ4v) is 3.92. The third-order valence-corrected chi connectivity index (χ3v) is 5.35. The van der Waals surface area contributed by atoms with Crippen molar-refractivity contribution >= 4 is 28.6 Å². The maximum Gasteiger partial charge on any atom is 0.143 e. The molecule has 1 aromatic carbocycles. The number of nitrogens with zero attached hydrogens (tertiary/aromatic N) is 4. The van der Waals surface area contributed by atoms with Crippen LogP contribution in [0.25, 0.3) is 0 Å². The van der Waals surface area contributed by atoms with Crippen LogP contribution in [0.1, 0.15) is 10.9 Å². The highest BCUT2D eigenvalue weighted by Crippen LogP contribution is 2.38. The predicted octanol–water partition coefficient (Wildman–Crippen LogP) is 3.99. The highest BCUT2D eigenvalue weighted by molar-refractivity contribution is 7.10. The minimum absolute atomic E-state index is 0.0313. The molecule has 23 heavy (non-hydrogen) atoms. The van der Waals surface area contributed by atoms with Crippen molar-refractivity contribution in [3.05, 3.63) is 51.7 Å². The third kappa shape index (κ3) is 2.99. The Morgan fingerprint density at radius 2 is 1.91 bits per heavy atom. The summed E-state index contributed by atoms with van der Waals surface area (Å²) in [6.45, 7) is 3.29. The summed E-state index contributed by atoms with van der Waals surface area (Å²) in [4.78, 5) is 3.64. The molecule has 2 atom stereocenters. The maximum atomic E-state index is 6.02. The van der Waals surface area contributed by atoms with Crippen molar-refractivity contribution < 1.29 is 4.74 Å². The van der Waals surface area contributed by atoms with E-state index in [2.05, 4.69) is 32.8 Å². The van der Waals surface area contributed by atoms with Crippen LogP contribution in [-0.2, 0) is 4.74 Å². The fourth-order valence-electron chi connectivity index (χ4n) is 3.02. The van der Waals surface area contributed by atoms with E-state index < -0.39 is 0 Å². The van der Waals surface area contributed by atoms with Gasteiger partial charge in [0.15, 0.2) is 0 Å². The van der Waals surface area contributed by atoms with E-state index in [4.69, 9.17) is 16.3 Å². The van der Waals surface area contributed by atoms with Crippen molar-refractivity contribution in [2.75, 3.05) is 31.3 Å². The van der Waals surface area contributed by atoms with E-state index in [1.165, 1.54) is 4.88 Å². The number of ether oxygens (including phenoxy) is 1. The zero-order chi connectivity index (χ0) is 15.6. The molecule has 0 bridgehead atoms. The summed E-state index contributed by atoms with van der Waals surface area (Å²) in [5, 5.41) is 13.9. The zero-order valence-corrected chi connectivity index (χ0v) is 14.1. The Bertz CT molecular complexity index is 670. The summed E-state index contributed by atoms with van der Waals surface area (Å²) < 4.78 is 5.51. The van der Waals surface area contributed by atoms with Gasteiger partial charge in [-0.1, -0.05) is 22.9 Å². The summed E-state index contributed by atoms with van der Waals surface area (Å²) in [6, 6.07) is 12.0. The van der Waals surface area contributed by atoms with Crippen molar-refractivity contribution in [2.24, 2.45) is 10.3 Å². The Morgan fingerprint density at radius 1 is 1.13 bits per heavy atom. The van der Waals surface area contributed by atoms with Gasteiger partial charge in [-0.25, -0.2) is 5.01 Å². The van der Waals surface area contributed by atoms with Crippen LogP contribution in [0.5, 0.6) is 0 Å². The highest BCUT2D eigenvalue weighted by Gasteiger charge is 2.40. The molecule has 3 heterocycles. The van der Waals surface area contributed by atoms with E-state index in [1.807, 2.05) is 29.3 Å². The van der Waals surface area contributed by atoms with Gasteiger partial charge in [-0.05, 0) is 35.7 Å². The van der Waals surface area contributed by atoms with Crippen LogP contribution in [0.4, 0.5) is 5.69 Å². The summed E-state index contributed by atoms with van der Waals surface area (Å²) >= 11 is 7.74. The smallest absolute Gasteiger partial charge is 0.143 e. The molecule has 1 aromatic heterocycles. The van der Waals surface area contributed by atoms with Crippen molar-refractivity contribution in [3.8, 4) is 0 Å². The molecule has 0 radical (unpaired) electrons. The minimum Gasteiger partial charge on any atom is -0.379 e. The van der Waals surface area contributed by atoms with Gasteiger partial charge in [-0.15, -0.1) is 11.3 Å². The number of morpholine rings is 1. The Hall–Kier alpha value is -1.47. The minimum atomic E-state index is 0.0313. The molecule has 7 heteroatoms. The first kappa shape index (κ1) is 15.1. The Morgan fingerprint density at radius 3 is 2.61 bits per heavy atom. The predicted molar refractivity (Wildman–Crippen MR) is 92.0 cm³/mol. The highest BCUT2D eigenvalue weighted by atomic mass is 35.5. The first-order valence-electron chi connectivity index (χ1n) is 7.64. The Balaban J connectivity index is 1.67. The van der Waals surface area contributed by atoms with Crippen LogP contribution in [0.2, 0.25) is 5.02 Å². The fraction of sp³-hybridized carbons (Fsp3) is 0.375. The molecule has 0 N–H and O–H groups in total. The number of thiophene rings is 1. The number of benzene rings is 1. The number of hydrogen-bond donors (Lipinski definition) is 0. The lowest BCUT2D eigenvalue weighted by molar-refractivity contribution is 0.0142. The molecule has 4 rings (SSSR count). The lowest BCUT2D eigenvalue weighted by Crippen LogP contribution is -2.51. The SMILES string of the molecule is Clc1ccc(N2N=NC(c3cccs3)C2N2CCOCC2)cc1. The van der Waals surface area contributed by atoms with Gasteiger partial charge in [0.05, 0.1) is 18.9 Å². The molecule has 5 nitrogen and oxygen atoms in total. The summed E-state index contributed by atoms with van der Waals surface area (Å²) in [6.07, 6.45) is 0.0822. The second kappa shape index (κ2) is 6.57. The normalized spacial score (nSPS) is 25.2. The van der Waals surface area contributed by atoms with Crippen LogP contribution in [0.15, 0.2) is 52.1 Å². The molecule has 1 fully saturated rings. The molecular weight excluding hydrogens is 332 g/mol. The molecule has 0 spiro atoms. The van der Waals surface area contributed by atoms with Crippen LogP contribution in [-0.4, -0.2) is 37.4 Å². The van der Waals surface area contributed by atoms with Crippen molar-refractivity contribution in [1.82, 2.24) is 4.90 Å². The van der Waals surface area contributed by atoms with E-state index >= 15 is 0 Å². The van der Waals surface area contributed by atoms with Gasteiger partial charge < -0.3 is 4.74 Å². The summed E-state index contributed by atoms with van der Waals surface area (Å²) in [5.41, 5.74) is 1.01. The van der Waals surface area contributed by atoms with E-state index in [-0.39, 0.29) is 12.2 Å². The average molecular weight is 349 g/mol. The second-order valence-electron chi connectivity index (χ2n) is 5.55. The molecule has 1 saturated heterocycles. The van der Waals surface area contributed by atoms with E-state index in [0.717, 1.165) is 37.0 Å². The van der Waals surface area contributed by atoms with Gasteiger partial charge in [0.2, 0.25) is 0 Å². The Kier molecular flexibility index (Phi) is 4.31. The Labute approximate surface area is 144 Å². The quantitative estimate of drug-likeness (QED) is 0.842. The molecule has 2 unspecified atom stereocenters. The van der Waals surface area contributed by atoms with Crippen LogP contribution >= 0.6 is 22.9 Å². The van der Waals surface area contributed by atoms with Crippen molar-refractivity contribution in [3.63, 3.8) is 0 Å². The summed E-state index contributed by atoms with van der Waals surface area (Å²) in [7, 11) is 0. The average Bonchev–Trinajstić information content (AvgIpc) is 3.25. The monoisotopic (exact) mass is 348 g/mol. The largest absolute Gasteiger partial charge is 0.379 e. The number of anilines is 1. The molecular formula is C16H17ClN4OS. The lowest BCUT2D eigenvalue weighted by atomic mass is 10.1. The molecule has 120 valence electrons. The van der Waals surface area contributed by atoms with Crippen LogP contribution < -0.4 is 5.01 Å². The first-order chi connectivity index (χ1) is 11.3. The topological polar surface area (TPSA) is 40.4 Å². The van der Waals surface area contributed by atoms with E-state index in [1.54, 1.807) is 11.3 Å². The molecule has 0 aliphatic carbocycles. The van der Waals surface area contributed by atoms with Gasteiger partial charge in [0, 0.05) is 23.0 Å². The second-order valence-corrected chi connectivity index (χ2v) is 6.96. The number of halogens is 1. The number of hydrogen-bond acceptors (Lipinski definition) is 6. The van der Waals surface area contributed by atoms with Gasteiger partial charge in [0.1, 0.15) is 12.2 Å². The van der Waals surface area contributed by atoms with Crippen LogP contribution in [0.3, 0.4) is 0 Å². The summed E-state index contributed by atoms with van der Waals surface area (Å²) in [5.74, 6) is 0. The molecule has 2 aliphatic heterocycles. The van der Waals surface area contributed by atoms with Crippen LogP contribution in [0, 0.1) is 0 Å². The van der Waals surface area contributed by atoms with Gasteiger partial charge in [0.25, 0.3) is 0 Å². The lowest BCUT2D eigenvalue weighted by Gasteiger charge is -2.37. The molecule has 2 aliphatic rings. The van der Waals surface area contributed by atoms with E-state index in [9.17, 15) is 0 Å². The number of rotatable bonds is 3.